The predicted octanol–water partition coefficient (Wildman–Crippen LogP) is -1.60. The molecule has 0 aromatic heterocycles. The summed E-state index contributed by atoms with van der Waals surface area (Å²) in [5.74, 6) is -1.04. The molecule has 48 valence electrons. The SMILES string of the molecule is C=CCC(C)C(=O)O.[H-].[Na+]. The van der Waals surface area contributed by atoms with Crippen molar-refractivity contribution in [1.29, 1.82) is 0 Å². The van der Waals surface area contributed by atoms with Gasteiger partial charge in [-0.05, 0) is 6.42 Å². The largest absolute Gasteiger partial charge is 1.00 e. The zero-order chi connectivity index (χ0) is 6.57. The molecule has 0 fully saturated rings. The fourth-order valence-electron chi connectivity index (χ4n) is 0.351. The van der Waals surface area contributed by atoms with Crippen molar-refractivity contribution in [1.82, 2.24) is 0 Å². The molecule has 1 atom stereocenters. The molecule has 0 rings (SSSR count). The van der Waals surface area contributed by atoms with Crippen molar-refractivity contribution < 1.29 is 40.9 Å². The summed E-state index contributed by atoms with van der Waals surface area (Å²) in [6.07, 6.45) is 2.16. The van der Waals surface area contributed by atoms with Crippen LogP contribution in [0.15, 0.2) is 12.7 Å². The number of allylic oxidation sites excluding steroid dienone is 1. The first kappa shape index (κ1) is 11.9. The molecular formula is C6H11NaO2. The smallest absolute Gasteiger partial charge is 1.00 e. The van der Waals surface area contributed by atoms with Crippen molar-refractivity contribution >= 4 is 5.97 Å². The van der Waals surface area contributed by atoms with Gasteiger partial charge in [-0.2, -0.15) is 0 Å². The molecule has 0 aromatic carbocycles. The number of hydrogen-bond donors (Lipinski definition) is 1. The summed E-state index contributed by atoms with van der Waals surface area (Å²) < 4.78 is 0. The average molecular weight is 138 g/mol. The molecule has 0 heterocycles. The Morgan fingerprint density at radius 1 is 2.00 bits per heavy atom. The summed E-state index contributed by atoms with van der Waals surface area (Å²) in [4.78, 5) is 10.0. The number of carboxylic acid groups (broad SMARTS) is 1. The molecule has 0 saturated heterocycles. The van der Waals surface area contributed by atoms with Crippen molar-refractivity contribution in [2.24, 2.45) is 5.92 Å². The minimum Gasteiger partial charge on any atom is -1.00 e. The van der Waals surface area contributed by atoms with Gasteiger partial charge in [-0.3, -0.25) is 4.79 Å². The topological polar surface area (TPSA) is 37.3 Å². The summed E-state index contributed by atoms with van der Waals surface area (Å²) in [5.41, 5.74) is 0. The van der Waals surface area contributed by atoms with Gasteiger partial charge in [-0.1, -0.05) is 13.0 Å². The van der Waals surface area contributed by atoms with Gasteiger partial charge in [0, 0.05) is 0 Å². The molecule has 1 unspecified atom stereocenters. The second kappa shape index (κ2) is 6.33. The van der Waals surface area contributed by atoms with E-state index in [1.54, 1.807) is 13.0 Å². The van der Waals surface area contributed by atoms with Crippen LogP contribution in [0.2, 0.25) is 0 Å². The Bertz CT molecular complexity index is 106. The normalized spacial score (nSPS) is 11.2. The fraction of sp³-hybridized carbons (Fsp3) is 0.500. The molecule has 0 aliphatic rings. The number of carboxylic acids is 1. The molecule has 3 heteroatoms. The molecule has 1 N–H and O–H groups in total. The average Bonchev–Trinajstić information content (AvgIpc) is 1.67. The molecule has 2 nitrogen and oxygen atoms in total. The number of aliphatic carboxylic acids is 1. The van der Waals surface area contributed by atoms with Crippen LogP contribution in [0.4, 0.5) is 0 Å². The third-order valence-electron chi connectivity index (χ3n) is 0.942. The first-order chi connectivity index (χ1) is 3.68. The van der Waals surface area contributed by atoms with Gasteiger partial charge in [0.2, 0.25) is 0 Å². The van der Waals surface area contributed by atoms with E-state index in [-0.39, 0.29) is 36.9 Å². The van der Waals surface area contributed by atoms with Crippen LogP contribution in [0.3, 0.4) is 0 Å². The second-order valence-electron chi connectivity index (χ2n) is 1.76. The number of carbonyl (C=O) groups is 1. The van der Waals surface area contributed by atoms with E-state index in [1.165, 1.54) is 0 Å². The van der Waals surface area contributed by atoms with Gasteiger partial charge in [0.05, 0.1) is 5.92 Å². The Labute approximate surface area is 78.7 Å². The quantitative estimate of drug-likeness (QED) is 0.376. The van der Waals surface area contributed by atoms with E-state index in [0.717, 1.165) is 0 Å². The van der Waals surface area contributed by atoms with Crippen LogP contribution in [-0.4, -0.2) is 11.1 Å². The Morgan fingerprint density at radius 2 is 2.44 bits per heavy atom. The first-order valence-corrected chi connectivity index (χ1v) is 2.52. The molecular weight excluding hydrogens is 127 g/mol. The van der Waals surface area contributed by atoms with Gasteiger partial charge in [0.25, 0.3) is 0 Å². The maximum Gasteiger partial charge on any atom is 1.00 e. The van der Waals surface area contributed by atoms with E-state index in [9.17, 15) is 4.79 Å². The van der Waals surface area contributed by atoms with Crippen LogP contribution in [-0.2, 0) is 4.79 Å². The van der Waals surface area contributed by atoms with Gasteiger partial charge in [-0.25, -0.2) is 0 Å². The summed E-state index contributed by atoms with van der Waals surface area (Å²) in [7, 11) is 0. The number of hydrogen-bond acceptors (Lipinski definition) is 1. The van der Waals surface area contributed by atoms with Gasteiger partial charge < -0.3 is 6.53 Å². The zero-order valence-electron chi connectivity index (χ0n) is 6.92. The molecule has 0 amide bonds. The summed E-state index contributed by atoms with van der Waals surface area (Å²) in [6.45, 7) is 5.08. The van der Waals surface area contributed by atoms with Crippen LogP contribution < -0.4 is 29.6 Å². The van der Waals surface area contributed by atoms with E-state index >= 15 is 0 Å². The third kappa shape index (κ3) is 6.09. The Morgan fingerprint density at radius 3 is 2.56 bits per heavy atom. The van der Waals surface area contributed by atoms with Gasteiger partial charge >= 0.3 is 35.5 Å². The minimum atomic E-state index is -0.759. The minimum absolute atomic E-state index is 0. The van der Waals surface area contributed by atoms with Crippen molar-refractivity contribution in [3.8, 4) is 0 Å². The Balaban J connectivity index is -0.000000245. The van der Waals surface area contributed by atoms with Crippen molar-refractivity contribution in [2.75, 3.05) is 0 Å². The summed E-state index contributed by atoms with van der Waals surface area (Å²) >= 11 is 0. The monoisotopic (exact) mass is 138 g/mol. The van der Waals surface area contributed by atoms with Gasteiger partial charge in [0.1, 0.15) is 0 Å². The van der Waals surface area contributed by atoms with Crippen LogP contribution in [0, 0.1) is 5.92 Å². The van der Waals surface area contributed by atoms with Crippen LogP contribution >= 0.6 is 0 Å². The first-order valence-electron chi connectivity index (χ1n) is 2.52. The maximum atomic E-state index is 10.0. The van der Waals surface area contributed by atoms with Crippen molar-refractivity contribution in [3.63, 3.8) is 0 Å². The third-order valence-corrected chi connectivity index (χ3v) is 0.942. The van der Waals surface area contributed by atoms with E-state index in [0.29, 0.717) is 6.42 Å². The fourth-order valence-corrected chi connectivity index (χ4v) is 0.351. The van der Waals surface area contributed by atoms with E-state index < -0.39 is 5.97 Å². The van der Waals surface area contributed by atoms with Gasteiger partial charge in [-0.15, -0.1) is 6.58 Å². The number of rotatable bonds is 3. The van der Waals surface area contributed by atoms with Gasteiger partial charge in [0.15, 0.2) is 0 Å². The van der Waals surface area contributed by atoms with E-state index in [1.807, 2.05) is 0 Å². The van der Waals surface area contributed by atoms with Crippen LogP contribution in [0.5, 0.6) is 0 Å². The molecule has 0 spiro atoms. The van der Waals surface area contributed by atoms with Crippen LogP contribution in [0.25, 0.3) is 0 Å². The molecule has 9 heavy (non-hydrogen) atoms. The second-order valence-corrected chi connectivity index (χ2v) is 1.76. The zero-order valence-corrected chi connectivity index (χ0v) is 7.92. The molecule has 0 bridgehead atoms. The molecule has 0 aliphatic carbocycles. The molecule has 0 saturated carbocycles. The molecule has 0 aliphatic heterocycles. The maximum absolute atomic E-state index is 10.0. The Hall–Kier alpha value is 0.210. The molecule has 0 radical (unpaired) electrons. The predicted molar refractivity (Wildman–Crippen MR) is 32.7 cm³/mol. The van der Waals surface area contributed by atoms with Crippen LogP contribution in [0.1, 0.15) is 14.8 Å². The van der Waals surface area contributed by atoms with E-state index in [4.69, 9.17) is 5.11 Å². The Kier molecular flexibility index (Phi) is 8.40. The summed E-state index contributed by atoms with van der Waals surface area (Å²) in [5, 5.41) is 8.27. The molecule has 0 aromatic rings. The summed E-state index contributed by atoms with van der Waals surface area (Å²) in [6, 6.07) is 0. The van der Waals surface area contributed by atoms with Crippen molar-refractivity contribution in [3.05, 3.63) is 12.7 Å². The van der Waals surface area contributed by atoms with Crippen molar-refractivity contribution in [2.45, 2.75) is 13.3 Å². The standard InChI is InChI=1S/C6H10O2.Na.H/c1-3-4-5(2)6(7)8;;/h3,5H,1,4H2,2H3,(H,7,8);;/q;+1;-1. The van der Waals surface area contributed by atoms with E-state index in [2.05, 4.69) is 6.58 Å².